The minimum absolute atomic E-state index is 0.0377. The van der Waals surface area contributed by atoms with E-state index in [1.807, 2.05) is 24.3 Å². The number of carbonyl (C=O) groups is 1. The van der Waals surface area contributed by atoms with E-state index in [9.17, 15) is 14.3 Å². The van der Waals surface area contributed by atoms with E-state index in [1.165, 1.54) is 29.9 Å². The number of fused-ring (bicyclic) bond motifs is 1. The summed E-state index contributed by atoms with van der Waals surface area (Å²) in [4.78, 5) is 16.2. The third-order valence-electron chi connectivity index (χ3n) is 6.33. The first kappa shape index (κ1) is 22.6. The molecule has 2 heterocycles. The van der Waals surface area contributed by atoms with Crippen molar-refractivity contribution in [2.45, 2.75) is 13.3 Å². The van der Waals surface area contributed by atoms with Crippen molar-refractivity contribution in [3.63, 3.8) is 0 Å². The Labute approximate surface area is 202 Å². The lowest BCUT2D eigenvalue weighted by molar-refractivity contribution is 0.103. The number of hydrogen-bond donors (Lipinski definition) is 1. The van der Waals surface area contributed by atoms with E-state index in [0.717, 1.165) is 52.5 Å². The largest absolute Gasteiger partial charge is 0.508 e. The van der Waals surface area contributed by atoms with Crippen LogP contribution >= 0.6 is 11.3 Å². The molecule has 4 aromatic rings. The number of rotatable bonds is 7. The average Bonchev–Trinajstić information content (AvgIpc) is 3.42. The van der Waals surface area contributed by atoms with Crippen molar-refractivity contribution in [1.82, 2.24) is 4.90 Å². The SMILES string of the molecule is C[C@H]1CCN(CCOc2ccc(-c3c(C(=O)c4ccccc4F)sc4cc(O)ccc34)cc2)C1. The van der Waals surface area contributed by atoms with Gasteiger partial charge in [-0.2, -0.15) is 0 Å². The fourth-order valence-corrected chi connectivity index (χ4v) is 5.75. The van der Waals surface area contributed by atoms with Crippen LogP contribution in [0.3, 0.4) is 0 Å². The molecule has 0 bridgehead atoms. The second kappa shape index (κ2) is 9.57. The van der Waals surface area contributed by atoms with Crippen LogP contribution in [-0.2, 0) is 0 Å². The van der Waals surface area contributed by atoms with Crippen molar-refractivity contribution >= 4 is 27.2 Å². The van der Waals surface area contributed by atoms with E-state index in [4.69, 9.17) is 4.74 Å². The first-order valence-corrected chi connectivity index (χ1v) is 12.3. The molecule has 1 N–H and O–H groups in total. The zero-order chi connectivity index (χ0) is 23.7. The first-order chi connectivity index (χ1) is 16.5. The fraction of sp³-hybridized carbons (Fsp3) is 0.250. The Bertz CT molecular complexity index is 1330. The summed E-state index contributed by atoms with van der Waals surface area (Å²) in [6.45, 7) is 6.07. The van der Waals surface area contributed by atoms with Gasteiger partial charge in [0.1, 0.15) is 23.9 Å². The number of benzene rings is 3. The Kier molecular flexibility index (Phi) is 6.35. The van der Waals surface area contributed by atoms with Crippen molar-refractivity contribution in [3.8, 4) is 22.6 Å². The number of aromatic hydroxyl groups is 1. The molecule has 1 atom stereocenters. The van der Waals surface area contributed by atoms with Crippen molar-refractivity contribution in [1.29, 1.82) is 0 Å². The fourth-order valence-electron chi connectivity index (χ4n) is 4.54. The molecule has 5 rings (SSSR count). The number of ketones is 1. The van der Waals surface area contributed by atoms with Gasteiger partial charge in [0.25, 0.3) is 0 Å². The highest BCUT2D eigenvalue weighted by Crippen LogP contribution is 2.41. The minimum Gasteiger partial charge on any atom is -0.508 e. The van der Waals surface area contributed by atoms with Crippen LogP contribution in [0.15, 0.2) is 66.7 Å². The number of carbonyl (C=O) groups excluding carboxylic acids is 1. The number of nitrogens with zero attached hydrogens (tertiary/aromatic N) is 1. The lowest BCUT2D eigenvalue weighted by Gasteiger charge is -2.15. The van der Waals surface area contributed by atoms with Crippen LogP contribution in [0, 0.1) is 11.7 Å². The Morgan fingerprint density at radius 2 is 1.94 bits per heavy atom. The third-order valence-corrected chi connectivity index (χ3v) is 7.48. The Hall–Kier alpha value is -3.22. The molecule has 1 saturated heterocycles. The van der Waals surface area contributed by atoms with Crippen LogP contribution in [0.4, 0.5) is 4.39 Å². The van der Waals surface area contributed by atoms with Gasteiger partial charge in [0.2, 0.25) is 5.78 Å². The molecular weight excluding hydrogens is 449 g/mol. The molecule has 1 aliphatic heterocycles. The van der Waals surface area contributed by atoms with Crippen molar-refractivity contribution in [2.75, 3.05) is 26.2 Å². The maximum Gasteiger partial charge on any atom is 0.206 e. The van der Waals surface area contributed by atoms with E-state index in [0.29, 0.717) is 11.5 Å². The molecule has 0 unspecified atom stereocenters. The number of phenols is 1. The molecule has 3 aromatic carbocycles. The molecule has 0 saturated carbocycles. The Balaban J connectivity index is 1.43. The topological polar surface area (TPSA) is 49.8 Å². The monoisotopic (exact) mass is 475 g/mol. The van der Waals surface area contributed by atoms with Crippen LogP contribution in [0.5, 0.6) is 11.5 Å². The molecular formula is C28H26FNO3S. The number of ether oxygens (including phenoxy) is 1. The van der Waals surface area contributed by atoms with Crippen LogP contribution in [0.25, 0.3) is 21.2 Å². The van der Waals surface area contributed by atoms with E-state index in [1.54, 1.807) is 30.3 Å². The van der Waals surface area contributed by atoms with Gasteiger partial charge in [-0.05, 0) is 66.9 Å². The highest BCUT2D eigenvalue weighted by atomic mass is 32.1. The highest BCUT2D eigenvalue weighted by Gasteiger charge is 2.23. The van der Waals surface area contributed by atoms with Gasteiger partial charge in [0, 0.05) is 28.7 Å². The maximum absolute atomic E-state index is 14.4. The number of halogens is 1. The average molecular weight is 476 g/mol. The lowest BCUT2D eigenvalue weighted by Crippen LogP contribution is -2.25. The van der Waals surface area contributed by atoms with Crippen LogP contribution in [0.1, 0.15) is 28.6 Å². The molecule has 1 aromatic heterocycles. The van der Waals surface area contributed by atoms with Crippen LogP contribution < -0.4 is 4.74 Å². The second-order valence-corrected chi connectivity index (χ2v) is 9.92. The van der Waals surface area contributed by atoms with Crippen molar-refractivity contribution in [3.05, 3.63) is 83.0 Å². The number of thiophene rings is 1. The predicted octanol–water partition coefficient (Wildman–Crippen LogP) is 6.36. The molecule has 34 heavy (non-hydrogen) atoms. The molecule has 0 spiro atoms. The van der Waals surface area contributed by atoms with E-state index >= 15 is 0 Å². The van der Waals surface area contributed by atoms with Crippen LogP contribution in [0.2, 0.25) is 0 Å². The smallest absolute Gasteiger partial charge is 0.206 e. The summed E-state index contributed by atoms with van der Waals surface area (Å²) in [7, 11) is 0. The molecule has 4 nitrogen and oxygen atoms in total. The van der Waals surface area contributed by atoms with Gasteiger partial charge >= 0.3 is 0 Å². The van der Waals surface area contributed by atoms with Gasteiger partial charge in [0.05, 0.1) is 10.4 Å². The summed E-state index contributed by atoms with van der Waals surface area (Å²) >= 11 is 1.26. The quantitative estimate of drug-likeness (QED) is 0.316. The molecule has 1 fully saturated rings. The zero-order valence-electron chi connectivity index (χ0n) is 19.0. The predicted molar refractivity (Wildman–Crippen MR) is 134 cm³/mol. The molecule has 6 heteroatoms. The molecule has 0 radical (unpaired) electrons. The highest BCUT2D eigenvalue weighted by molar-refractivity contribution is 7.21. The second-order valence-electron chi connectivity index (χ2n) is 8.86. The molecule has 0 aliphatic carbocycles. The molecule has 174 valence electrons. The van der Waals surface area contributed by atoms with E-state index in [2.05, 4.69) is 11.8 Å². The normalized spacial score (nSPS) is 16.2. The Morgan fingerprint density at radius 1 is 1.15 bits per heavy atom. The number of phenolic OH excluding ortho intramolecular Hbond substituents is 1. The van der Waals surface area contributed by atoms with E-state index in [-0.39, 0.29) is 17.1 Å². The minimum atomic E-state index is -0.546. The van der Waals surface area contributed by atoms with Crippen LogP contribution in [-0.4, -0.2) is 42.0 Å². The van der Waals surface area contributed by atoms with Crippen molar-refractivity contribution < 1.29 is 19.0 Å². The van der Waals surface area contributed by atoms with Gasteiger partial charge < -0.3 is 9.84 Å². The zero-order valence-corrected chi connectivity index (χ0v) is 19.8. The summed E-state index contributed by atoms with van der Waals surface area (Å²) < 4.78 is 21.1. The standard InChI is InChI=1S/C28H26FNO3S/c1-18-12-13-30(17-18)14-15-33-21-9-6-19(7-10-21)26-23-11-8-20(31)16-25(23)34-28(26)27(32)22-4-2-3-5-24(22)29/h2-11,16,18,31H,12-15,17H2,1H3/t18-/m0/s1. The summed E-state index contributed by atoms with van der Waals surface area (Å²) in [5.74, 6) is 0.739. The Morgan fingerprint density at radius 3 is 2.68 bits per heavy atom. The number of likely N-dealkylation sites (tertiary alicyclic amines) is 1. The maximum atomic E-state index is 14.4. The lowest BCUT2D eigenvalue weighted by atomic mass is 9.98. The van der Waals surface area contributed by atoms with Gasteiger partial charge in [-0.15, -0.1) is 11.3 Å². The van der Waals surface area contributed by atoms with Crippen molar-refractivity contribution in [2.24, 2.45) is 5.92 Å². The van der Waals surface area contributed by atoms with E-state index < -0.39 is 5.82 Å². The third kappa shape index (κ3) is 4.56. The summed E-state index contributed by atoms with van der Waals surface area (Å²) in [5.41, 5.74) is 1.62. The summed E-state index contributed by atoms with van der Waals surface area (Å²) in [5, 5.41) is 10.8. The van der Waals surface area contributed by atoms with Gasteiger partial charge in [0.15, 0.2) is 0 Å². The first-order valence-electron chi connectivity index (χ1n) is 11.5. The molecule has 1 aliphatic rings. The summed E-state index contributed by atoms with van der Waals surface area (Å²) in [6, 6.07) is 18.7. The molecule has 0 amide bonds. The number of hydrogen-bond acceptors (Lipinski definition) is 5. The van der Waals surface area contributed by atoms with Gasteiger partial charge in [-0.3, -0.25) is 9.69 Å². The summed E-state index contributed by atoms with van der Waals surface area (Å²) in [6.07, 6.45) is 1.25. The van der Waals surface area contributed by atoms with Gasteiger partial charge in [-0.1, -0.05) is 31.2 Å². The van der Waals surface area contributed by atoms with Gasteiger partial charge in [-0.25, -0.2) is 4.39 Å².